The minimum absolute atomic E-state index is 0.112. The lowest BCUT2D eigenvalue weighted by Gasteiger charge is -2.35. The number of carbonyl (C=O) groups excluding carboxylic acids is 1. The molecule has 1 aromatic carbocycles. The van der Waals surface area contributed by atoms with E-state index in [0.29, 0.717) is 9.23 Å². The molecule has 0 unspecified atom stereocenters. The van der Waals surface area contributed by atoms with E-state index in [9.17, 15) is 4.79 Å². The number of nitrogens with one attached hydrogen (secondary N) is 1. The summed E-state index contributed by atoms with van der Waals surface area (Å²) in [6.07, 6.45) is 1.93. The van der Waals surface area contributed by atoms with E-state index < -0.39 is 0 Å². The van der Waals surface area contributed by atoms with Gasteiger partial charge < -0.3 is 15.1 Å². The van der Waals surface area contributed by atoms with Gasteiger partial charge in [0.05, 0.1) is 4.91 Å². The van der Waals surface area contributed by atoms with E-state index in [4.69, 9.17) is 12.2 Å². The van der Waals surface area contributed by atoms with Crippen LogP contribution in [0.5, 0.6) is 0 Å². The van der Waals surface area contributed by atoms with Gasteiger partial charge in [0.2, 0.25) is 0 Å². The molecule has 116 valence electrons. The Morgan fingerprint density at radius 3 is 2.68 bits per heavy atom. The van der Waals surface area contributed by atoms with Crippen molar-refractivity contribution in [1.29, 1.82) is 0 Å². The number of thioether (sulfide) groups is 1. The summed E-state index contributed by atoms with van der Waals surface area (Å²) in [5.74, 6) is -0.112. The second-order valence-corrected chi connectivity index (χ2v) is 7.98. The molecule has 0 atom stereocenters. The van der Waals surface area contributed by atoms with Gasteiger partial charge in [-0.05, 0) is 31.3 Å². The molecule has 0 aliphatic carbocycles. The molecule has 0 saturated carbocycles. The minimum atomic E-state index is -0.112. The molecule has 1 amide bonds. The van der Waals surface area contributed by atoms with Crippen molar-refractivity contribution >= 4 is 61.9 Å². The summed E-state index contributed by atoms with van der Waals surface area (Å²) in [5, 5.41) is 2.66. The molecule has 2 fully saturated rings. The van der Waals surface area contributed by atoms with Gasteiger partial charge in [-0.1, -0.05) is 39.9 Å². The molecule has 0 radical (unpaired) electrons. The zero-order chi connectivity index (χ0) is 15.7. The quantitative estimate of drug-likeness (QED) is 0.612. The molecule has 2 aliphatic heterocycles. The van der Waals surface area contributed by atoms with Crippen LogP contribution in [-0.2, 0) is 4.79 Å². The third-order valence-electron chi connectivity index (χ3n) is 3.76. The molecular weight excluding hydrogens is 382 g/mol. The largest absolute Gasteiger partial charge is 0.368 e. The molecule has 2 saturated heterocycles. The molecule has 1 aromatic rings. The molecule has 1 N–H and O–H groups in total. The maximum Gasteiger partial charge on any atom is 0.263 e. The van der Waals surface area contributed by atoms with Gasteiger partial charge in [0, 0.05) is 41.9 Å². The normalized spacial score (nSPS) is 21.5. The average Bonchev–Trinajstić information content (AvgIpc) is 2.78. The number of hydrogen-bond donors (Lipinski definition) is 1. The van der Waals surface area contributed by atoms with E-state index in [1.165, 1.54) is 11.8 Å². The van der Waals surface area contributed by atoms with Gasteiger partial charge in [0.25, 0.3) is 5.91 Å². The Balaban J connectivity index is 1.93. The predicted molar refractivity (Wildman–Crippen MR) is 100 cm³/mol. The Labute approximate surface area is 148 Å². The molecule has 2 heterocycles. The molecule has 3 rings (SSSR count). The van der Waals surface area contributed by atoms with Gasteiger partial charge in [-0.15, -0.1) is 0 Å². The van der Waals surface area contributed by atoms with E-state index in [1.807, 2.05) is 12.1 Å². The van der Waals surface area contributed by atoms with Gasteiger partial charge in [-0.3, -0.25) is 4.79 Å². The fourth-order valence-electron chi connectivity index (χ4n) is 2.54. The molecule has 4 nitrogen and oxygen atoms in total. The highest BCUT2D eigenvalue weighted by atomic mass is 79.9. The third kappa shape index (κ3) is 3.53. The summed E-state index contributed by atoms with van der Waals surface area (Å²) in [5.41, 5.74) is 2.20. The first kappa shape index (κ1) is 16.0. The van der Waals surface area contributed by atoms with E-state index in [1.54, 1.807) is 0 Å². The second kappa shape index (κ2) is 6.70. The maximum absolute atomic E-state index is 11.9. The number of carbonyl (C=O) groups is 1. The minimum Gasteiger partial charge on any atom is -0.368 e. The number of amides is 1. The van der Waals surface area contributed by atoms with Crippen molar-refractivity contribution in [3.05, 3.63) is 33.1 Å². The van der Waals surface area contributed by atoms with Crippen molar-refractivity contribution in [2.45, 2.75) is 0 Å². The average molecular weight is 398 g/mol. The summed E-state index contributed by atoms with van der Waals surface area (Å²) >= 11 is 9.89. The van der Waals surface area contributed by atoms with Crippen molar-refractivity contribution < 1.29 is 4.79 Å². The summed E-state index contributed by atoms with van der Waals surface area (Å²) in [6.45, 7) is 4.08. The Kier molecular flexibility index (Phi) is 4.87. The van der Waals surface area contributed by atoms with Gasteiger partial charge in [0.1, 0.15) is 4.32 Å². The Bertz CT molecular complexity index is 654. The van der Waals surface area contributed by atoms with Crippen LogP contribution in [0.2, 0.25) is 0 Å². The molecule has 0 bridgehead atoms. The smallest absolute Gasteiger partial charge is 0.263 e. The number of benzene rings is 1. The molecule has 2 aliphatic rings. The Morgan fingerprint density at radius 1 is 1.32 bits per heavy atom. The number of thiocarbonyl (C=S) groups is 1. The lowest BCUT2D eigenvalue weighted by molar-refractivity contribution is -0.115. The number of rotatable bonds is 2. The van der Waals surface area contributed by atoms with Crippen LogP contribution >= 0.6 is 39.9 Å². The van der Waals surface area contributed by atoms with Crippen LogP contribution in [0.1, 0.15) is 5.56 Å². The molecule has 0 aromatic heterocycles. The number of nitrogens with zero attached hydrogens (tertiary/aromatic N) is 2. The van der Waals surface area contributed by atoms with Crippen LogP contribution in [0.15, 0.2) is 27.6 Å². The van der Waals surface area contributed by atoms with Gasteiger partial charge in [-0.2, -0.15) is 0 Å². The highest BCUT2D eigenvalue weighted by Gasteiger charge is 2.23. The van der Waals surface area contributed by atoms with Crippen molar-refractivity contribution in [3.8, 4) is 0 Å². The van der Waals surface area contributed by atoms with Gasteiger partial charge in [0.15, 0.2) is 0 Å². The van der Waals surface area contributed by atoms with Crippen LogP contribution in [0.3, 0.4) is 0 Å². The first-order valence-corrected chi connectivity index (χ1v) is 9.02. The molecule has 22 heavy (non-hydrogen) atoms. The molecular formula is C15H16BrN3OS2. The number of hydrogen-bond acceptors (Lipinski definition) is 5. The SMILES string of the molecule is CN1CCN(c2ccc(Br)cc2/C=C2/SC(=S)NC2=O)CC1. The molecule has 7 heteroatoms. The fourth-order valence-corrected chi connectivity index (χ4v) is 3.95. The molecule has 0 spiro atoms. The maximum atomic E-state index is 11.9. The number of likely N-dealkylation sites (N-methyl/N-ethyl adjacent to an activating group) is 1. The van der Waals surface area contributed by atoms with Crippen LogP contribution in [0.25, 0.3) is 6.08 Å². The van der Waals surface area contributed by atoms with Crippen molar-refractivity contribution in [2.75, 3.05) is 38.1 Å². The monoisotopic (exact) mass is 397 g/mol. The van der Waals surface area contributed by atoms with Crippen LogP contribution in [0.4, 0.5) is 5.69 Å². The first-order chi connectivity index (χ1) is 10.5. The summed E-state index contributed by atoms with van der Waals surface area (Å²) < 4.78 is 1.52. The van der Waals surface area contributed by atoms with Gasteiger partial charge in [-0.25, -0.2) is 0 Å². The second-order valence-electron chi connectivity index (χ2n) is 5.35. The topological polar surface area (TPSA) is 35.6 Å². The van der Waals surface area contributed by atoms with E-state index in [0.717, 1.165) is 41.9 Å². The van der Waals surface area contributed by atoms with Crippen LogP contribution in [0, 0.1) is 0 Å². The number of anilines is 1. The van der Waals surface area contributed by atoms with Crippen molar-refractivity contribution in [1.82, 2.24) is 10.2 Å². The number of halogens is 1. The standard InChI is InChI=1S/C15H16BrN3OS2/c1-18-4-6-19(7-5-18)12-3-2-11(16)8-10(12)9-13-14(20)17-15(21)22-13/h2-3,8-9H,4-7H2,1H3,(H,17,20,21)/b13-9+. The summed E-state index contributed by atoms with van der Waals surface area (Å²) in [4.78, 5) is 17.2. The Hall–Kier alpha value is -0.890. The predicted octanol–water partition coefficient (Wildman–Crippen LogP) is 2.69. The first-order valence-electron chi connectivity index (χ1n) is 7.01. The van der Waals surface area contributed by atoms with E-state index in [2.05, 4.69) is 50.2 Å². The number of piperazine rings is 1. The highest BCUT2D eigenvalue weighted by molar-refractivity contribution is 9.10. The van der Waals surface area contributed by atoms with Crippen LogP contribution < -0.4 is 10.2 Å². The third-order valence-corrected chi connectivity index (χ3v) is 5.42. The van der Waals surface area contributed by atoms with Crippen molar-refractivity contribution in [2.24, 2.45) is 0 Å². The zero-order valence-corrected chi connectivity index (χ0v) is 15.4. The van der Waals surface area contributed by atoms with E-state index >= 15 is 0 Å². The summed E-state index contributed by atoms with van der Waals surface area (Å²) in [6, 6.07) is 6.20. The van der Waals surface area contributed by atoms with Crippen molar-refractivity contribution in [3.63, 3.8) is 0 Å². The summed E-state index contributed by atoms with van der Waals surface area (Å²) in [7, 11) is 2.14. The highest BCUT2D eigenvalue weighted by Crippen LogP contribution is 2.32. The lowest BCUT2D eigenvalue weighted by atomic mass is 10.1. The fraction of sp³-hybridized carbons (Fsp3) is 0.333. The van der Waals surface area contributed by atoms with E-state index in [-0.39, 0.29) is 5.91 Å². The van der Waals surface area contributed by atoms with Crippen LogP contribution in [-0.4, -0.2) is 48.4 Å². The zero-order valence-electron chi connectivity index (χ0n) is 12.1. The Morgan fingerprint density at radius 2 is 2.05 bits per heavy atom. The lowest BCUT2D eigenvalue weighted by Crippen LogP contribution is -2.44. The van der Waals surface area contributed by atoms with Gasteiger partial charge >= 0.3 is 0 Å².